The predicted molar refractivity (Wildman–Crippen MR) is 106 cm³/mol. The minimum Gasteiger partial charge on any atom is -0.454 e. The summed E-state index contributed by atoms with van der Waals surface area (Å²) in [6.07, 6.45) is 0.227. The van der Waals surface area contributed by atoms with E-state index in [-0.39, 0.29) is 12.3 Å². The van der Waals surface area contributed by atoms with E-state index in [4.69, 9.17) is 16.0 Å². The van der Waals surface area contributed by atoms with Crippen LogP contribution >= 0.6 is 22.9 Å². The molecule has 2 aromatic heterocycles. The molecule has 0 aliphatic rings. The SMILES string of the molecule is Cc1cccc(NC(=O)Cc2nc(-c3cc4cc(Cl)ccc4o3)cs2)c1. The predicted octanol–water partition coefficient (Wildman–Crippen LogP) is 5.70. The fourth-order valence-electron chi connectivity index (χ4n) is 2.71. The van der Waals surface area contributed by atoms with E-state index in [2.05, 4.69) is 10.3 Å². The van der Waals surface area contributed by atoms with Crippen LogP contribution in [0.2, 0.25) is 5.02 Å². The van der Waals surface area contributed by atoms with Gasteiger partial charge in [-0.3, -0.25) is 4.79 Å². The van der Waals surface area contributed by atoms with Crippen molar-refractivity contribution >= 4 is 45.5 Å². The van der Waals surface area contributed by atoms with Crippen LogP contribution in [-0.4, -0.2) is 10.9 Å². The van der Waals surface area contributed by atoms with Crippen LogP contribution in [-0.2, 0) is 11.2 Å². The van der Waals surface area contributed by atoms with Crippen molar-refractivity contribution in [3.8, 4) is 11.5 Å². The molecule has 0 saturated heterocycles. The van der Waals surface area contributed by atoms with Gasteiger partial charge in [-0.2, -0.15) is 0 Å². The molecule has 0 aliphatic carbocycles. The average Bonchev–Trinajstić information content (AvgIpc) is 3.20. The van der Waals surface area contributed by atoms with Crippen LogP contribution in [0, 0.1) is 6.92 Å². The van der Waals surface area contributed by atoms with Crippen molar-refractivity contribution in [2.24, 2.45) is 0 Å². The Bertz CT molecular complexity index is 1100. The number of furan rings is 1. The highest BCUT2D eigenvalue weighted by molar-refractivity contribution is 7.10. The summed E-state index contributed by atoms with van der Waals surface area (Å²) in [5, 5.41) is 7.13. The average molecular weight is 383 g/mol. The molecule has 0 spiro atoms. The molecule has 0 atom stereocenters. The van der Waals surface area contributed by atoms with E-state index in [1.807, 2.05) is 54.8 Å². The standard InChI is InChI=1S/C20H15ClN2O2S/c1-12-3-2-4-15(7-12)22-19(24)10-20-23-16(11-26-20)18-9-13-8-14(21)5-6-17(13)25-18/h2-9,11H,10H2,1H3,(H,22,24). The third-order valence-corrected chi connectivity index (χ3v) is 4.98. The number of anilines is 1. The monoisotopic (exact) mass is 382 g/mol. The molecule has 0 unspecified atom stereocenters. The van der Waals surface area contributed by atoms with Gasteiger partial charge in [0, 0.05) is 21.5 Å². The fourth-order valence-corrected chi connectivity index (χ4v) is 3.67. The Labute approximate surface area is 159 Å². The largest absolute Gasteiger partial charge is 0.454 e. The Balaban J connectivity index is 1.49. The molecule has 26 heavy (non-hydrogen) atoms. The van der Waals surface area contributed by atoms with Crippen molar-refractivity contribution in [3.05, 3.63) is 69.5 Å². The zero-order chi connectivity index (χ0) is 18.1. The van der Waals surface area contributed by atoms with Gasteiger partial charge in [0.05, 0.1) is 6.42 Å². The number of carbonyl (C=O) groups excluding carboxylic acids is 1. The number of aromatic nitrogens is 1. The Morgan fingerprint density at radius 1 is 1.23 bits per heavy atom. The molecular formula is C20H15ClN2O2S. The van der Waals surface area contributed by atoms with E-state index in [1.165, 1.54) is 11.3 Å². The zero-order valence-electron chi connectivity index (χ0n) is 14.0. The van der Waals surface area contributed by atoms with Crippen LogP contribution in [0.15, 0.2) is 58.3 Å². The van der Waals surface area contributed by atoms with E-state index in [0.717, 1.165) is 32.9 Å². The van der Waals surface area contributed by atoms with Gasteiger partial charge in [-0.1, -0.05) is 23.7 Å². The van der Waals surface area contributed by atoms with Gasteiger partial charge in [0.2, 0.25) is 5.91 Å². The number of amides is 1. The van der Waals surface area contributed by atoms with Crippen LogP contribution in [0.1, 0.15) is 10.6 Å². The maximum absolute atomic E-state index is 12.2. The van der Waals surface area contributed by atoms with Crippen LogP contribution in [0.3, 0.4) is 0 Å². The first-order valence-corrected chi connectivity index (χ1v) is 9.33. The highest BCUT2D eigenvalue weighted by Gasteiger charge is 2.13. The van der Waals surface area contributed by atoms with Crippen molar-refractivity contribution < 1.29 is 9.21 Å². The lowest BCUT2D eigenvalue weighted by Crippen LogP contribution is -2.14. The van der Waals surface area contributed by atoms with E-state index in [0.29, 0.717) is 10.8 Å². The van der Waals surface area contributed by atoms with Gasteiger partial charge < -0.3 is 9.73 Å². The number of hydrogen-bond acceptors (Lipinski definition) is 4. The highest BCUT2D eigenvalue weighted by atomic mass is 35.5. The molecule has 2 aromatic carbocycles. The third-order valence-electron chi connectivity index (χ3n) is 3.90. The van der Waals surface area contributed by atoms with Crippen molar-refractivity contribution in [2.45, 2.75) is 13.3 Å². The first-order chi connectivity index (χ1) is 12.6. The molecule has 1 N–H and O–H groups in total. The third kappa shape index (κ3) is 3.64. The van der Waals surface area contributed by atoms with Crippen molar-refractivity contribution in [1.29, 1.82) is 0 Å². The molecule has 6 heteroatoms. The summed E-state index contributed by atoms with van der Waals surface area (Å²) < 4.78 is 5.82. The number of nitrogens with one attached hydrogen (secondary N) is 1. The molecule has 4 rings (SSSR count). The molecule has 2 heterocycles. The minimum atomic E-state index is -0.0899. The molecule has 0 radical (unpaired) electrons. The number of rotatable bonds is 4. The van der Waals surface area contributed by atoms with Gasteiger partial charge in [0.25, 0.3) is 0 Å². The Morgan fingerprint density at radius 3 is 2.96 bits per heavy atom. The second-order valence-electron chi connectivity index (χ2n) is 6.01. The minimum absolute atomic E-state index is 0.0899. The van der Waals surface area contributed by atoms with Crippen LogP contribution in [0.5, 0.6) is 0 Å². The highest BCUT2D eigenvalue weighted by Crippen LogP contribution is 2.30. The van der Waals surface area contributed by atoms with Crippen molar-refractivity contribution in [2.75, 3.05) is 5.32 Å². The summed E-state index contributed by atoms with van der Waals surface area (Å²) in [6, 6.07) is 15.1. The molecule has 0 fully saturated rings. The van der Waals surface area contributed by atoms with E-state index in [9.17, 15) is 4.79 Å². The molecule has 0 aliphatic heterocycles. The smallest absolute Gasteiger partial charge is 0.231 e. The maximum atomic E-state index is 12.2. The lowest BCUT2D eigenvalue weighted by molar-refractivity contribution is -0.115. The molecule has 4 aromatic rings. The fraction of sp³-hybridized carbons (Fsp3) is 0.100. The lowest BCUT2D eigenvalue weighted by Gasteiger charge is -2.04. The topological polar surface area (TPSA) is 55.1 Å². The number of nitrogens with zero attached hydrogens (tertiary/aromatic N) is 1. The number of fused-ring (bicyclic) bond motifs is 1. The van der Waals surface area contributed by atoms with Gasteiger partial charge in [0.1, 0.15) is 16.3 Å². The number of halogens is 1. The van der Waals surface area contributed by atoms with Gasteiger partial charge >= 0.3 is 0 Å². The molecule has 130 valence electrons. The van der Waals surface area contributed by atoms with E-state index < -0.39 is 0 Å². The van der Waals surface area contributed by atoms with Crippen LogP contribution < -0.4 is 5.32 Å². The van der Waals surface area contributed by atoms with Gasteiger partial charge in [-0.15, -0.1) is 11.3 Å². The van der Waals surface area contributed by atoms with Crippen molar-refractivity contribution in [3.63, 3.8) is 0 Å². The second kappa shape index (κ2) is 6.94. The zero-order valence-corrected chi connectivity index (χ0v) is 15.5. The number of aryl methyl sites for hydroxylation is 1. The summed E-state index contributed by atoms with van der Waals surface area (Å²) in [4.78, 5) is 16.8. The van der Waals surface area contributed by atoms with Gasteiger partial charge in [-0.25, -0.2) is 4.98 Å². The number of hydrogen-bond donors (Lipinski definition) is 1. The number of benzene rings is 2. The number of thiazole rings is 1. The van der Waals surface area contributed by atoms with Gasteiger partial charge in [-0.05, 0) is 48.9 Å². The lowest BCUT2D eigenvalue weighted by atomic mass is 10.2. The normalized spacial score (nSPS) is 11.0. The maximum Gasteiger partial charge on any atom is 0.231 e. The first kappa shape index (κ1) is 16.8. The summed E-state index contributed by atoms with van der Waals surface area (Å²) in [5.41, 5.74) is 3.38. The number of carbonyl (C=O) groups is 1. The Hall–Kier alpha value is -2.63. The van der Waals surface area contributed by atoms with E-state index >= 15 is 0 Å². The summed E-state index contributed by atoms with van der Waals surface area (Å²) in [7, 11) is 0. The Kier molecular flexibility index (Phi) is 4.49. The van der Waals surface area contributed by atoms with Gasteiger partial charge in [0.15, 0.2) is 5.76 Å². The molecule has 1 amide bonds. The second-order valence-corrected chi connectivity index (χ2v) is 7.39. The van der Waals surface area contributed by atoms with Crippen LogP contribution in [0.4, 0.5) is 5.69 Å². The quantitative estimate of drug-likeness (QED) is 0.492. The molecule has 0 bridgehead atoms. The first-order valence-electron chi connectivity index (χ1n) is 8.07. The molecular weight excluding hydrogens is 368 g/mol. The van der Waals surface area contributed by atoms with Crippen LogP contribution in [0.25, 0.3) is 22.4 Å². The molecule has 4 nitrogen and oxygen atoms in total. The summed E-state index contributed by atoms with van der Waals surface area (Å²) in [5.74, 6) is 0.580. The Morgan fingerprint density at radius 2 is 2.12 bits per heavy atom. The van der Waals surface area contributed by atoms with Crippen molar-refractivity contribution in [1.82, 2.24) is 4.98 Å². The summed E-state index contributed by atoms with van der Waals surface area (Å²) in [6.45, 7) is 1.99. The summed E-state index contributed by atoms with van der Waals surface area (Å²) >= 11 is 7.45. The molecule has 0 saturated carbocycles. The van der Waals surface area contributed by atoms with E-state index in [1.54, 1.807) is 6.07 Å².